The van der Waals surface area contributed by atoms with E-state index in [1.54, 1.807) is 18.4 Å². The molecule has 0 saturated carbocycles. The van der Waals surface area contributed by atoms with Gasteiger partial charge in [-0.25, -0.2) is 9.69 Å². The van der Waals surface area contributed by atoms with Crippen molar-refractivity contribution >= 4 is 40.1 Å². The van der Waals surface area contributed by atoms with Crippen LogP contribution < -0.4 is 10.1 Å². The standard InChI is InChI=1S/C30H25N5OS2/c1-36-24-16-14-21(15-17-24)29-25(20-34(33-29)23-11-6-3-7-12-23)27-19-26(28-13-8-18-38-28)32-35(27)30(37)31-22-9-4-2-5-10-22/h2-18,20,27H,19H2,1H3,(H,31,37). The van der Waals surface area contributed by atoms with Crippen molar-refractivity contribution in [3.8, 4) is 22.7 Å². The number of nitrogens with zero attached hydrogens (tertiary/aromatic N) is 4. The van der Waals surface area contributed by atoms with Gasteiger partial charge in [0.25, 0.3) is 0 Å². The highest BCUT2D eigenvalue weighted by Gasteiger charge is 2.35. The molecule has 3 heterocycles. The van der Waals surface area contributed by atoms with Crippen molar-refractivity contribution in [1.82, 2.24) is 14.8 Å². The molecule has 0 aliphatic carbocycles. The van der Waals surface area contributed by atoms with E-state index in [1.165, 1.54) is 0 Å². The second-order valence-electron chi connectivity index (χ2n) is 8.83. The lowest BCUT2D eigenvalue weighted by Crippen LogP contribution is -2.31. The molecule has 0 amide bonds. The van der Waals surface area contributed by atoms with Crippen LogP contribution in [-0.2, 0) is 0 Å². The number of hydrazone groups is 1. The second kappa shape index (κ2) is 10.6. The number of thiocarbonyl (C=S) groups is 1. The molecule has 0 spiro atoms. The Bertz CT molecular complexity index is 1560. The molecule has 0 bridgehead atoms. The Morgan fingerprint density at radius 3 is 2.37 bits per heavy atom. The van der Waals surface area contributed by atoms with Crippen LogP contribution in [0.2, 0.25) is 0 Å². The number of methoxy groups -OCH3 is 1. The molecule has 0 saturated heterocycles. The third-order valence-corrected chi connectivity index (χ3v) is 7.64. The molecule has 5 aromatic rings. The van der Waals surface area contributed by atoms with Gasteiger partial charge in [-0.3, -0.25) is 0 Å². The third-order valence-electron chi connectivity index (χ3n) is 6.43. The molecule has 38 heavy (non-hydrogen) atoms. The summed E-state index contributed by atoms with van der Waals surface area (Å²) in [6.07, 6.45) is 2.81. The second-order valence-corrected chi connectivity index (χ2v) is 10.2. The van der Waals surface area contributed by atoms with Gasteiger partial charge in [-0.05, 0) is 72.2 Å². The van der Waals surface area contributed by atoms with Gasteiger partial charge in [0.05, 0.1) is 35.1 Å². The zero-order valence-corrected chi connectivity index (χ0v) is 22.3. The van der Waals surface area contributed by atoms with Crippen LogP contribution in [0.15, 0.2) is 114 Å². The summed E-state index contributed by atoms with van der Waals surface area (Å²) < 4.78 is 7.33. The van der Waals surface area contributed by atoms with Crippen LogP contribution >= 0.6 is 23.6 Å². The molecule has 1 unspecified atom stereocenters. The summed E-state index contributed by atoms with van der Waals surface area (Å²) in [4.78, 5) is 1.14. The number of anilines is 1. The Labute approximate surface area is 230 Å². The molecular weight excluding hydrogens is 510 g/mol. The van der Waals surface area contributed by atoms with Gasteiger partial charge in [-0.15, -0.1) is 11.3 Å². The van der Waals surface area contributed by atoms with Crippen LogP contribution in [0, 0.1) is 0 Å². The van der Waals surface area contributed by atoms with E-state index in [0.717, 1.165) is 44.5 Å². The number of para-hydroxylation sites is 2. The van der Waals surface area contributed by atoms with E-state index >= 15 is 0 Å². The van der Waals surface area contributed by atoms with E-state index in [9.17, 15) is 0 Å². The average Bonchev–Trinajstić information content (AvgIpc) is 3.74. The molecule has 6 rings (SSSR count). The molecule has 0 fully saturated rings. The smallest absolute Gasteiger partial charge is 0.194 e. The summed E-state index contributed by atoms with van der Waals surface area (Å²) in [7, 11) is 1.67. The van der Waals surface area contributed by atoms with Gasteiger partial charge in [0.2, 0.25) is 0 Å². The molecule has 1 atom stereocenters. The summed E-state index contributed by atoms with van der Waals surface area (Å²) in [5, 5.41) is 18.0. The number of hydrogen-bond donors (Lipinski definition) is 1. The number of thiophene rings is 1. The molecule has 1 N–H and O–H groups in total. The van der Waals surface area contributed by atoms with Crippen molar-refractivity contribution < 1.29 is 4.74 Å². The van der Waals surface area contributed by atoms with E-state index in [2.05, 4.69) is 41.2 Å². The quantitative estimate of drug-likeness (QED) is 0.234. The Hall–Kier alpha value is -4.27. The Morgan fingerprint density at radius 1 is 0.947 bits per heavy atom. The SMILES string of the molecule is COc1ccc(-c2nn(-c3ccccc3)cc2C2CC(c3cccs3)=NN2C(=S)Nc2ccccc2)cc1. The number of hydrogen-bond acceptors (Lipinski definition) is 5. The maximum atomic E-state index is 5.92. The predicted molar refractivity (Wildman–Crippen MR) is 158 cm³/mol. The first kappa shape index (κ1) is 24.1. The molecular formula is C30H25N5OS2. The van der Waals surface area contributed by atoms with Gasteiger partial charge in [0, 0.05) is 29.4 Å². The number of rotatable bonds is 6. The average molecular weight is 536 g/mol. The molecule has 3 aromatic carbocycles. The van der Waals surface area contributed by atoms with Gasteiger partial charge in [0.15, 0.2) is 5.11 Å². The fraction of sp³-hybridized carbons (Fsp3) is 0.100. The minimum atomic E-state index is -0.134. The third kappa shape index (κ3) is 4.83. The van der Waals surface area contributed by atoms with Crippen molar-refractivity contribution in [3.63, 3.8) is 0 Å². The zero-order valence-electron chi connectivity index (χ0n) is 20.7. The Kier molecular flexibility index (Phi) is 6.73. The highest BCUT2D eigenvalue weighted by molar-refractivity contribution is 7.80. The van der Waals surface area contributed by atoms with Crippen LogP contribution in [0.5, 0.6) is 5.75 Å². The van der Waals surface area contributed by atoms with Crippen LogP contribution in [0.3, 0.4) is 0 Å². The Balaban J connectivity index is 1.44. The normalized spacial score (nSPS) is 14.8. The lowest BCUT2D eigenvalue weighted by atomic mass is 9.98. The largest absolute Gasteiger partial charge is 0.497 e. The molecule has 8 heteroatoms. The topological polar surface area (TPSA) is 54.7 Å². The van der Waals surface area contributed by atoms with E-state index in [1.807, 2.05) is 82.5 Å². The van der Waals surface area contributed by atoms with Gasteiger partial charge in [-0.2, -0.15) is 10.2 Å². The minimum absolute atomic E-state index is 0.134. The van der Waals surface area contributed by atoms with Crippen molar-refractivity contribution in [2.24, 2.45) is 5.10 Å². The van der Waals surface area contributed by atoms with Crippen molar-refractivity contribution in [3.05, 3.63) is 119 Å². The summed E-state index contributed by atoms with van der Waals surface area (Å²) in [6, 6.07) is 32.1. The first-order chi connectivity index (χ1) is 18.7. The molecule has 6 nitrogen and oxygen atoms in total. The first-order valence-electron chi connectivity index (χ1n) is 12.3. The van der Waals surface area contributed by atoms with E-state index in [0.29, 0.717) is 11.5 Å². The van der Waals surface area contributed by atoms with Crippen molar-refractivity contribution in [2.45, 2.75) is 12.5 Å². The van der Waals surface area contributed by atoms with Crippen LogP contribution in [-0.4, -0.2) is 32.7 Å². The van der Waals surface area contributed by atoms with Crippen LogP contribution in [0.4, 0.5) is 5.69 Å². The van der Waals surface area contributed by atoms with Gasteiger partial charge in [0.1, 0.15) is 5.75 Å². The fourth-order valence-electron chi connectivity index (χ4n) is 4.55. The number of ether oxygens (including phenoxy) is 1. The zero-order chi connectivity index (χ0) is 25.9. The highest BCUT2D eigenvalue weighted by atomic mass is 32.1. The minimum Gasteiger partial charge on any atom is -0.497 e. The van der Waals surface area contributed by atoms with Gasteiger partial charge >= 0.3 is 0 Å². The van der Waals surface area contributed by atoms with E-state index in [-0.39, 0.29) is 6.04 Å². The molecule has 1 aliphatic heterocycles. The molecule has 1 aliphatic rings. The summed E-state index contributed by atoms with van der Waals surface area (Å²) in [5.41, 5.74) is 5.86. The monoisotopic (exact) mass is 535 g/mol. The molecule has 188 valence electrons. The van der Waals surface area contributed by atoms with E-state index in [4.69, 9.17) is 27.2 Å². The number of nitrogens with one attached hydrogen (secondary N) is 1. The molecule has 0 radical (unpaired) electrons. The summed E-state index contributed by atoms with van der Waals surface area (Å²) >= 11 is 7.60. The van der Waals surface area contributed by atoms with Crippen molar-refractivity contribution in [1.29, 1.82) is 0 Å². The van der Waals surface area contributed by atoms with Crippen molar-refractivity contribution in [2.75, 3.05) is 12.4 Å². The lowest BCUT2D eigenvalue weighted by Gasteiger charge is -2.24. The number of benzene rings is 3. The Morgan fingerprint density at radius 2 is 1.68 bits per heavy atom. The van der Waals surface area contributed by atoms with Gasteiger partial charge in [-0.1, -0.05) is 42.5 Å². The maximum Gasteiger partial charge on any atom is 0.194 e. The fourth-order valence-corrected chi connectivity index (χ4v) is 5.56. The van der Waals surface area contributed by atoms with E-state index < -0.39 is 0 Å². The summed E-state index contributed by atoms with van der Waals surface area (Å²) in [5.74, 6) is 0.803. The highest BCUT2D eigenvalue weighted by Crippen LogP contribution is 2.39. The molecule has 2 aromatic heterocycles. The number of aromatic nitrogens is 2. The first-order valence-corrected chi connectivity index (χ1v) is 13.5. The maximum absolute atomic E-state index is 5.92. The lowest BCUT2D eigenvalue weighted by molar-refractivity contribution is 0.376. The predicted octanol–water partition coefficient (Wildman–Crippen LogP) is 7.16. The summed E-state index contributed by atoms with van der Waals surface area (Å²) in [6.45, 7) is 0. The van der Waals surface area contributed by atoms with Crippen LogP contribution in [0.25, 0.3) is 16.9 Å². The van der Waals surface area contributed by atoms with Gasteiger partial charge < -0.3 is 10.1 Å². The van der Waals surface area contributed by atoms with Crippen LogP contribution in [0.1, 0.15) is 22.9 Å².